The number of nitrogens with zero attached hydrogens (tertiary/aromatic N) is 1. The third kappa shape index (κ3) is 4.42. The van der Waals surface area contributed by atoms with Crippen LogP contribution in [0.15, 0.2) is 18.2 Å². The molecule has 1 atom stereocenters. The van der Waals surface area contributed by atoms with Gasteiger partial charge in [-0.25, -0.2) is 0 Å². The fraction of sp³-hybridized carbons (Fsp3) is 0.471. The molecular weight excluding hydrogens is 346 g/mol. The largest absolute Gasteiger partial charge is 0.483 e. The molecule has 0 bridgehead atoms. The maximum atomic E-state index is 12.2. The number of benzene rings is 1. The number of hydrogen-bond acceptors (Lipinski definition) is 4. The predicted octanol–water partition coefficient (Wildman–Crippen LogP) is 0.703. The minimum Gasteiger partial charge on any atom is -0.483 e. The zero-order chi connectivity index (χ0) is 17.8. The summed E-state index contributed by atoms with van der Waals surface area (Å²) in [4.78, 5) is 37.1. The maximum absolute atomic E-state index is 12.2. The molecule has 8 heteroatoms. The molecule has 0 saturated carbocycles. The van der Waals surface area contributed by atoms with E-state index in [1.807, 2.05) is 0 Å². The van der Waals surface area contributed by atoms with Crippen LogP contribution >= 0.6 is 11.6 Å². The number of ether oxygens (including phenoxy) is 1. The van der Waals surface area contributed by atoms with E-state index in [-0.39, 0.29) is 30.2 Å². The summed E-state index contributed by atoms with van der Waals surface area (Å²) in [5, 5.41) is 6.12. The Bertz CT molecular complexity index is 684. The van der Waals surface area contributed by atoms with Crippen molar-refractivity contribution in [1.29, 1.82) is 0 Å². The predicted molar refractivity (Wildman–Crippen MR) is 91.1 cm³/mol. The van der Waals surface area contributed by atoms with Crippen molar-refractivity contribution >= 4 is 29.3 Å². The third-order valence-electron chi connectivity index (χ3n) is 4.40. The lowest BCUT2D eigenvalue weighted by Gasteiger charge is -2.23. The van der Waals surface area contributed by atoms with Crippen molar-refractivity contribution in [3.05, 3.63) is 28.8 Å². The number of halogens is 1. The molecule has 3 amide bonds. The molecule has 1 fully saturated rings. The van der Waals surface area contributed by atoms with Crippen LogP contribution in [0.1, 0.15) is 18.4 Å². The molecule has 3 rings (SSSR count). The van der Waals surface area contributed by atoms with Crippen molar-refractivity contribution in [2.75, 3.05) is 26.2 Å². The fourth-order valence-electron chi connectivity index (χ4n) is 2.96. The first kappa shape index (κ1) is 17.5. The molecule has 1 saturated heterocycles. The lowest BCUT2D eigenvalue weighted by molar-refractivity contribution is -0.134. The SMILES string of the molecule is O=C1CCC(C(=O)NCCN2Cc3cc(Cl)ccc3OCC2=O)CN1. The lowest BCUT2D eigenvalue weighted by Crippen LogP contribution is -2.45. The Hall–Kier alpha value is -2.28. The molecule has 0 radical (unpaired) electrons. The minimum absolute atomic E-state index is 0.0171. The molecule has 1 aromatic carbocycles. The van der Waals surface area contributed by atoms with E-state index in [1.165, 1.54) is 0 Å². The Balaban J connectivity index is 1.52. The molecule has 25 heavy (non-hydrogen) atoms. The Kier molecular flexibility index (Phi) is 5.43. The molecule has 1 unspecified atom stereocenters. The highest BCUT2D eigenvalue weighted by Gasteiger charge is 2.25. The Morgan fingerprint density at radius 1 is 1.40 bits per heavy atom. The van der Waals surface area contributed by atoms with Gasteiger partial charge in [-0.15, -0.1) is 0 Å². The number of nitrogens with one attached hydrogen (secondary N) is 2. The topological polar surface area (TPSA) is 87.7 Å². The van der Waals surface area contributed by atoms with Gasteiger partial charge in [-0.1, -0.05) is 11.6 Å². The highest BCUT2D eigenvalue weighted by molar-refractivity contribution is 6.30. The average molecular weight is 366 g/mol. The van der Waals surface area contributed by atoms with Gasteiger partial charge >= 0.3 is 0 Å². The molecule has 0 aromatic heterocycles. The van der Waals surface area contributed by atoms with Crippen molar-refractivity contribution in [2.24, 2.45) is 5.92 Å². The molecule has 2 heterocycles. The normalized spacial score (nSPS) is 20.2. The number of hydrogen-bond donors (Lipinski definition) is 2. The van der Waals surface area contributed by atoms with Gasteiger partial charge in [0.1, 0.15) is 5.75 Å². The average Bonchev–Trinajstić information content (AvgIpc) is 2.74. The van der Waals surface area contributed by atoms with Crippen LogP contribution in [0.25, 0.3) is 0 Å². The number of amides is 3. The Labute approximate surface area is 150 Å². The zero-order valence-corrected chi connectivity index (χ0v) is 14.5. The number of carbonyl (C=O) groups excluding carboxylic acids is 3. The maximum Gasteiger partial charge on any atom is 0.260 e. The van der Waals surface area contributed by atoms with E-state index in [4.69, 9.17) is 16.3 Å². The van der Waals surface area contributed by atoms with Crippen LogP contribution in [0.4, 0.5) is 0 Å². The van der Waals surface area contributed by atoms with Crippen LogP contribution in [0, 0.1) is 5.92 Å². The number of carbonyl (C=O) groups is 3. The fourth-order valence-corrected chi connectivity index (χ4v) is 3.15. The first-order chi connectivity index (χ1) is 12.0. The van der Waals surface area contributed by atoms with E-state index >= 15 is 0 Å². The van der Waals surface area contributed by atoms with Gasteiger partial charge in [-0.3, -0.25) is 14.4 Å². The van der Waals surface area contributed by atoms with Crippen molar-refractivity contribution < 1.29 is 19.1 Å². The first-order valence-corrected chi connectivity index (χ1v) is 8.64. The van der Waals surface area contributed by atoms with Gasteiger partial charge in [0.2, 0.25) is 11.8 Å². The number of rotatable bonds is 4. The van der Waals surface area contributed by atoms with Crippen molar-refractivity contribution in [2.45, 2.75) is 19.4 Å². The summed E-state index contributed by atoms with van der Waals surface area (Å²) in [5.74, 6) is 0.202. The van der Waals surface area contributed by atoms with E-state index in [1.54, 1.807) is 23.1 Å². The van der Waals surface area contributed by atoms with Gasteiger partial charge in [0.25, 0.3) is 5.91 Å². The van der Waals surface area contributed by atoms with Gasteiger partial charge in [0, 0.05) is 43.2 Å². The number of fused-ring (bicyclic) bond motifs is 1. The molecule has 2 aliphatic heterocycles. The molecule has 0 aliphatic carbocycles. The summed E-state index contributed by atoms with van der Waals surface area (Å²) >= 11 is 6.01. The van der Waals surface area contributed by atoms with Crippen LogP contribution in [0.3, 0.4) is 0 Å². The standard InChI is InChI=1S/C17H20ClN3O4/c18-13-2-3-14-12(7-13)9-21(16(23)10-25-14)6-5-19-17(24)11-1-4-15(22)20-8-11/h2-3,7,11H,1,4-6,8-10H2,(H,19,24)(H,20,22). The van der Waals surface area contributed by atoms with Crippen molar-refractivity contribution in [3.63, 3.8) is 0 Å². The van der Waals surface area contributed by atoms with Gasteiger partial charge in [-0.2, -0.15) is 0 Å². The van der Waals surface area contributed by atoms with E-state index < -0.39 is 0 Å². The van der Waals surface area contributed by atoms with E-state index in [9.17, 15) is 14.4 Å². The zero-order valence-electron chi connectivity index (χ0n) is 13.7. The first-order valence-electron chi connectivity index (χ1n) is 8.26. The highest BCUT2D eigenvalue weighted by Crippen LogP contribution is 2.26. The van der Waals surface area contributed by atoms with Gasteiger partial charge in [0.05, 0.1) is 5.92 Å². The molecular formula is C17H20ClN3O4. The second-order valence-corrected chi connectivity index (χ2v) is 6.62. The smallest absolute Gasteiger partial charge is 0.260 e. The molecule has 2 N–H and O–H groups in total. The summed E-state index contributed by atoms with van der Waals surface area (Å²) < 4.78 is 5.50. The lowest BCUT2D eigenvalue weighted by atomic mass is 9.98. The van der Waals surface area contributed by atoms with Gasteiger partial charge < -0.3 is 20.3 Å². The molecule has 134 valence electrons. The van der Waals surface area contributed by atoms with E-state index in [2.05, 4.69) is 10.6 Å². The molecule has 2 aliphatic rings. The van der Waals surface area contributed by atoms with Crippen molar-refractivity contribution in [3.8, 4) is 5.75 Å². The number of piperidine rings is 1. The minimum atomic E-state index is -0.208. The Morgan fingerprint density at radius 3 is 3.00 bits per heavy atom. The third-order valence-corrected chi connectivity index (χ3v) is 4.64. The van der Waals surface area contributed by atoms with Crippen molar-refractivity contribution in [1.82, 2.24) is 15.5 Å². The molecule has 0 spiro atoms. The quantitative estimate of drug-likeness (QED) is 0.822. The van der Waals surface area contributed by atoms with Crippen LogP contribution in [0.5, 0.6) is 5.75 Å². The van der Waals surface area contributed by atoms with Crippen LogP contribution < -0.4 is 15.4 Å². The summed E-state index contributed by atoms with van der Waals surface area (Å²) in [6.45, 7) is 1.47. The monoisotopic (exact) mass is 365 g/mol. The van der Waals surface area contributed by atoms with E-state index in [0.717, 1.165) is 5.56 Å². The summed E-state index contributed by atoms with van der Waals surface area (Å²) in [7, 11) is 0. The molecule has 1 aromatic rings. The second kappa shape index (κ2) is 7.74. The van der Waals surface area contributed by atoms with Crippen LogP contribution in [-0.4, -0.2) is 48.9 Å². The summed E-state index contributed by atoms with van der Waals surface area (Å²) in [6, 6.07) is 5.27. The van der Waals surface area contributed by atoms with Crippen LogP contribution in [-0.2, 0) is 20.9 Å². The summed E-state index contributed by atoms with van der Waals surface area (Å²) in [6.07, 6.45) is 0.928. The van der Waals surface area contributed by atoms with E-state index in [0.29, 0.717) is 49.8 Å². The van der Waals surface area contributed by atoms with Gasteiger partial charge in [-0.05, 0) is 24.6 Å². The highest BCUT2D eigenvalue weighted by atomic mass is 35.5. The summed E-state index contributed by atoms with van der Waals surface area (Å²) in [5.41, 5.74) is 0.847. The second-order valence-electron chi connectivity index (χ2n) is 6.19. The molecule has 7 nitrogen and oxygen atoms in total. The Morgan fingerprint density at radius 2 is 2.24 bits per heavy atom. The van der Waals surface area contributed by atoms with Gasteiger partial charge in [0.15, 0.2) is 6.61 Å². The van der Waals surface area contributed by atoms with Crippen LogP contribution in [0.2, 0.25) is 5.02 Å².